The number of benzene rings is 4. The van der Waals surface area contributed by atoms with Gasteiger partial charge in [0.15, 0.2) is 0 Å². The zero-order chi connectivity index (χ0) is 40.2. The summed E-state index contributed by atoms with van der Waals surface area (Å²) in [5.41, 5.74) is 20.8. The zero-order valence-corrected chi connectivity index (χ0v) is 36.6. The average molecular weight is 753 g/mol. The maximum atomic E-state index is 7.11. The Kier molecular flexibility index (Phi) is 7.65. The molecule has 10 rings (SSSR count). The first-order chi connectivity index (χ1) is 26.8. The van der Waals surface area contributed by atoms with E-state index in [0.29, 0.717) is 0 Å². The lowest BCUT2D eigenvalue weighted by Gasteiger charge is -2.47. The Morgan fingerprint density at radius 3 is 1.82 bits per heavy atom. The minimum Gasteiger partial charge on any atom is -0.440 e. The minimum atomic E-state index is 0.0285. The van der Waals surface area contributed by atoms with E-state index in [1.54, 1.807) is 0 Å². The van der Waals surface area contributed by atoms with E-state index >= 15 is 0 Å². The van der Waals surface area contributed by atoms with Gasteiger partial charge in [0.25, 0.3) is 6.71 Å². The van der Waals surface area contributed by atoms with Gasteiger partial charge in [0.05, 0.1) is 0 Å². The Morgan fingerprint density at radius 1 is 0.596 bits per heavy atom. The summed E-state index contributed by atoms with van der Waals surface area (Å²) in [6.45, 7) is 29.0. The van der Waals surface area contributed by atoms with Crippen LogP contribution < -0.4 is 26.2 Å². The van der Waals surface area contributed by atoms with Crippen LogP contribution in [0.15, 0.2) is 94.6 Å². The van der Waals surface area contributed by atoms with E-state index in [1.165, 1.54) is 109 Å². The number of para-hydroxylation sites is 1. The normalized spacial score (nSPS) is 20.9. The van der Waals surface area contributed by atoms with Crippen LogP contribution in [0.3, 0.4) is 0 Å². The van der Waals surface area contributed by atoms with Gasteiger partial charge < -0.3 is 9.32 Å². The summed E-state index contributed by atoms with van der Waals surface area (Å²) in [5, 5.41) is 1.22. The summed E-state index contributed by atoms with van der Waals surface area (Å²) in [6.07, 6.45) is 11.6. The molecule has 3 nitrogen and oxygen atoms in total. The standard InChI is InChI=1S/C53H61BN2O/c1-32-27-43-47-44(28-32)56(34-19-17-33(18-20-34)49(2,3)4)48-46(36-15-13-14-16-45(36)57-48)54(47)41-30-39-40(53(11,12)26-25-52(39,9)10)31-42(41)55(43)35-21-22-37-38(29-35)51(7,8)24-23-50(37,5)6/h13-17,19,21-22,27-31H,18,20,23-26H2,1-12H3. The topological polar surface area (TPSA) is 19.6 Å². The molecule has 2 aliphatic heterocycles. The van der Waals surface area contributed by atoms with Crippen LogP contribution in [0.1, 0.15) is 143 Å². The number of aryl methyl sites for hydroxylation is 1. The van der Waals surface area contributed by atoms with E-state index in [1.807, 2.05) is 0 Å². The van der Waals surface area contributed by atoms with E-state index in [-0.39, 0.29) is 33.8 Å². The van der Waals surface area contributed by atoms with Crippen molar-refractivity contribution >= 4 is 62.7 Å². The number of anilines is 5. The number of rotatable bonds is 2. The minimum absolute atomic E-state index is 0.0285. The largest absolute Gasteiger partial charge is 0.440 e. The quantitative estimate of drug-likeness (QED) is 0.164. The Labute approximate surface area is 342 Å². The fraction of sp³-hybridized carbons (Fsp3) is 0.434. The summed E-state index contributed by atoms with van der Waals surface area (Å²) < 4.78 is 7.11. The Hall–Kier alpha value is -4.44. The lowest BCUT2D eigenvalue weighted by Crippen LogP contribution is -2.62. The van der Waals surface area contributed by atoms with E-state index < -0.39 is 0 Å². The van der Waals surface area contributed by atoms with Crippen molar-refractivity contribution in [3.05, 3.63) is 118 Å². The van der Waals surface area contributed by atoms with Gasteiger partial charge in [-0.25, -0.2) is 0 Å². The molecule has 0 amide bonds. The fourth-order valence-electron chi connectivity index (χ4n) is 11.4. The van der Waals surface area contributed by atoms with Crippen molar-refractivity contribution in [2.45, 2.75) is 143 Å². The lowest BCUT2D eigenvalue weighted by molar-refractivity contribution is 0.332. The van der Waals surface area contributed by atoms with E-state index in [2.05, 4.69) is 172 Å². The number of nitrogens with zero attached hydrogens (tertiary/aromatic N) is 2. The van der Waals surface area contributed by atoms with E-state index in [4.69, 9.17) is 4.42 Å². The predicted octanol–water partition coefficient (Wildman–Crippen LogP) is 12.8. The number of hydrogen-bond acceptors (Lipinski definition) is 3. The summed E-state index contributed by atoms with van der Waals surface area (Å²) in [4.78, 5) is 5.19. The highest BCUT2D eigenvalue weighted by molar-refractivity contribution is 7.01. The first-order valence-corrected chi connectivity index (χ1v) is 21.8. The van der Waals surface area contributed by atoms with Crippen molar-refractivity contribution in [3.63, 3.8) is 0 Å². The van der Waals surface area contributed by atoms with Crippen molar-refractivity contribution in [2.24, 2.45) is 5.41 Å². The molecule has 0 bridgehead atoms. The van der Waals surface area contributed by atoms with Gasteiger partial charge >= 0.3 is 0 Å². The van der Waals surface area contributed by atoms with Crippen LogP contribution >= 0.6 is 0 Å². The maximum Gasteiger partial charge on any atom is 0.257 e. The third-order valence-corrected chi connectivity index (χ3v) is 15.2. The monoisotopic (exact) mass is 752 g/mol. The molecule has 5 aliphatic rings. The molecule has 5 aromatic rings. The van der Waals surface area contributed by atoms with Gasteiger partial charge in [0.2, 0.25) is 5.88 Å². The van der Waals surface area contributed by atoms with Gasteiger partial charge in [-0.2, -0.15) is 0 Å². The van der Waals surface area contributed by atoms with Crippen LogP contribution in [-0.4, -0.2) is 6.71 Å². The van der Waals surface area contributed by atoms with Gasteiger partial charge in [-0.15, -0.1) is 0 Å². The summed E-state index contributed by atoms with van der Waals surface area (Å²) in [7, 11) is 0. The molecule has 0 unspecified atom stereocenters. The second-order valence-electron chi connectivity index (χ2n) is 22.0. The predicted molar refractivity (Wildman–Crippen MR) is 244 cm³/mol. The number of fused-ring (bicyclic) bond motifs is 8. The molecule has 1 aromatic heterocycles. The van der Waals surface area contributed by atoms with Crippen LogP contribution in [0.2, 0.25) is 0 Å². The molecular weight excluding hydrogens is 691 g/mol. The molecule has 4 heteroatoms. The van der Waals surface area contributed by atoms with E-state index in [9.17, 15) is 0 Å². The molecule has 3 aliphatic carbocycles. The molecule has 0 saturated carbocycles. The van der Waals surface area contributed by atoms with Gasteiger partial charge in [0, 0.05) is 39.3 Å². The van der Waals surface area contributed by atoms with Crippen molar-refractivity contribution in [3.8, 4) is 0 Å². The second kappa shape index (κ2) is 11.8. The molecule has 0 saturated heterocycles. The van der Waals surface area contributed by atoms with Gasteiger partial charge in [-0.1, -0.05) is 118 Å². The van der Waals surface area contributed by atoms with Crippen LogP contribution in [0.5, 0.6) is 0 Å². The summed E-state index contributed by atoms with van der Waals surface area (Å²) in [6, 6.07) is 26.5. The number of hydrogen-bond donors (Lipinski definition) is 0. The highest BCUT2D eigenvalue weighted by Crippen LogP contribution is 2.53. The molecule has 292 valence electrons. The Morgan fingerprint density at radius 2 is 1.19 bits per heavy atom. The Bertz CT molecular complexity index is 2600. The maximum absolute atomic E-state index is 7.11. The van der Waals surface area contributed by atoms with Crippen molar-refractivity contribution in [1.82, 2.24) is 0 Å². The van der Waals surface area contributed by atoms with Crippen LogP contribution in [0.25, 0.3) is 11.0 Å². The summed E-state index contributed by atoms with van der Waals surface area (Å²) >= 11 is 0. The zero-order valence-electron chi connectivity index (χ0n) is 36.6. The SMILES string of the molecule is Cc1cc2c3c(c1)N(c1ccc4c(c1)C(C)(C)CCC4(C)C)c1cc4c(cc1B3c1c(oc3ccccc13)N2C1=CC=C(C(C)(C)C)CC1)C(C)(C)CCC4(C)C. The highest BCUT2D eigenvalue weighted by Gasteiger charge is 2.49. The number of allylic oxidation sites excluding steroid dienone is 4. The molecule has 0 fully saturated rings. The molecule has 3 heterocycles. The molecule has 57 heavy (non-hydrogen) atoms. The van der Waals surface area contributed by atoms with Crippen LogP contribution in [0.4, 0.5) is 28.6 Å². The van der Waals surface area contributed by atoms with Crippen LogP contribution in [0, 0.1) is 12.3 Å². The highest BCUT2D eigenvalue weighted by atomic mass is 16.4. The molecule has 4 aromatic carbocycles. The smallest absolute Gasteiger partial charge is 0.257 e. The average Bonchev–Trinajstić information content (AvgIpc) is 3.53. The lowest BCUT2D eigenvalue weighted by atomic mass is 9.33. The van der Waals surface area contributed by atoms with Crippen molar-refractivity contribution in [2.75, 3.05) is 9.80 Å². The fourth-order valence-corrected chi connectivity index (χ4v) is 11.4. The third kappa shape index (κ3) is 5.37. The van der Waals surface area contributed by atoms with E-state index in [0.717, 1.165) is 24.3 Å². The third-order valence-electron chi connectivity index (χ3n) is 15.2. The van der Waals surface area contributed by atoms with Gasteiger partial charge in [-0.3, -0.25) is 4.90 Å². The van der Waals surface area contributed by atoms with Gasteiger partial charge in [-0.05, 0) is 154 Å². The van der Waals surface area contributed by atoms with Crippen molar-refractivity contribution < 1.29 is 4.42 Å². The van der Waals surface area contributed by atoms with Crippen LogP contribution in [-0.2, 0) is 21.7 Å². The van der Waals surface area contributed by atoms with Gasteiger partial charge in [0.1, 0.15) is 5.58 Å². The van der Waals surface area contributed by atoms with Crippen molar-refractivity contribution in [1.29, 1.82) is 0 Å². The second-order valence-corrected chi connectivity index (χ2v) is 22.0. The Balaban J connectivity index is 1.31. The molecular formula is C53H61BN2O. The molecule has 0 radical (unpaired) electrons. The number of furan rings is 1. The first kappa shape index (κ1) is 36.9. The summed E-state index contributed by atoms with van der Waals surface area (Å²) in [5.74, 6) is 0.985. The molecule has 0 N–H and O–H groups in total. The molecule has 0 spiro atoms. The first-order valence-electron chi connectivity index (χ1n) is 21.8. The molecule has 0 atom stereocenters.